The van der Waals surface area contributed by atoms with Crippen molar-refractivity contribution in [1.29, 1.82) is 5.26 Å². The Bertz CT molecular complexity index is 136. The van der Waals surface area contributed by atoms with Crippen molar-refractivity contribution in [2.75, 3.05) is 0 Å². The minimum Gasteiger partial charge on any atom is -1.00 e. The van der Waals surface area contributed by atoms with Gasteiger partial charge in [-0.05, 0) is 0 Å². The Labute approximate surface area is 75.6 Å². The average Bonchev–Trinajstić information content (AvgIpc) is 1.69. The third-order valence-electron chi connectivity index (χ3n) is 0.543. The molecule has 1 atom stereocenters. The number of primary amides is 1. The number of rotatable bonds is 2. The van der Waals surface area contributed by atoms with E-state index in [0.29, 0.717) is 0 Å². The zero-order valence-electron chi connectivity index (χ0n) is 5.96. The number of hydroxylamine groups is 1. The molecule has 0 saturated carbocycles. The summed E-state index contributed by atoms with van der Waals surface area (Å²) in [5.74, 6) is -0.894. The summed E-state index contributed by atoms with van der Waals surface area (Å²) in [4.78, 5) is 9.94. The molecule has 0 aromatic carbocycles. The standard InChI is InChI=1S/C3H5N3O2.Na.H/c4-1-2(6-8)3(5)7;;/h2,6,8H,(H2,5,7);;/q;+1;-1. The molecule has 0 spiro atoms. The molecule has 0 heterocycles. The molecule has 46 valence electrons. The number of nitrogens with one attached hydrogen (secondary N) is 1. The summed E-state index contributed by atoms with van der Waals surface area (Å²) in [5, 5.41) is 15.8. The van der Waals surface area contributed by atoms with E-state index in [1.54, 1.807) is 0 Å². The van der Waals surface area contributed by atoms with Crippen molar-refractivity contribution in [3.05, 3.63) is 0 Å². The van der Waals surface area contributed by atoms with E-state index in [2.05, 4.69) is 5.73 Å². The molecular formula is C3H6N3NaO2. The first kappa shape index (κ1) is 11.6. The smallest absolute Gasteiger partial charge is 1.00 e. The van der Waals surface area contributed by atoms with Crippen LogP contribution in [-0.4, -0.2) is 17.2 Å². The SMILES string of the molecule is N#CC(NO)C(N)=O.[H-].[Na+]. The van der Waals surface area contributed by atoms with Crippen LogP contribution in [0.1, 0.15) is 1.43 Å². The third kappa shape index (κ3) is 4.39. The Morgan fingerprint density at radius 3 is 2.44 bits per heavy atom. The summed E-state index contributed by atoms with van der Waals surface area (Å²) in [6.07, 6.45) is 0. The number of nitrogens with zero attached hydrogens (tertiary/aromatic N) is 1. The number of nitriles is 1. The average molecular weight is 139 g/mol. The monoisotopic (exact) mass is 139 g/mol. The van der Waals surface area contributed by atoms with Gasteiger partial charge >= 0.3 is 29.6 Å². The molecule has 4 N–H and O–H groups in total. The second-order valence-corrected chi connectivity index (χ2v) is 1.09. The van der Waals surface area contributed by atoms with Crippen LogP contribution in [0.3, 0.4) is 0 Å². The Morgan fingerprint density at radius 2 is 2.44 bits per heavy atom. The van der Waals surface area contributed by atoms with Crippen molar-refractivity contribution in [1.82, 2.24) is 5.48 Å². The van der Waals surface area contributed by atoms with Crippen LogP contribution in [0, 0.1) is 11.3 Å². The van der Waals surface area contributed by atoms with Crippen LogP contribution in [0.2, 0.25) is 0 Å². The molecule has 5 nitrogen and oxygen atoms in total. The second kappa shape index (κ2) is 6.01. The molecule has 1 amide bonds. The molecule has 0 aliphatic carbocycles. The molecule has 0 rings (SSSR count). The maximum absolute atomic E-state index is 9.94. The Morgan fingerprint density at radius 1 is 2.00 bits per heavy atom. The van der Waals surface area contributed by atoms with Crippen molar-refractivity contribution in [3.63, 3.8) is 0 Å². The van der Waals surface area contributed by atoms with Crippen LogP contribution in [0.15, 0.2) is 0 Å². The van der Waals surface area contributed by atoms with E-state index in [9.17, 15) is 4.79 Å². The van der Waals surface area contributed by atoms with Crippen molar-refractivity contribution < 1.29 is 41.0 Å². The van der Waals surface area contributed by atoms with E-state index in [1.807, 2.05) is 0 Å². The van der Waals surface area contributed by atoms with Crippen LogP contribution >= 0.6 is 0 Å². The summed E-state index contributed by atoms with van der Waals surface area (Å²) in [6, 6.07) is 0.119. The van der Waals surface area contributed by atoms with Crippen molar-refractivity contribution >= 4 is 5.91 Å². The Balaban J connectivity index is -0.000000245. The fourth-order valence-electron chi connectivity index (χ4n) is 0.156. The number of hydrogen-bond acceptors (Lipinski definition) is 4. The van der Waals surface area contributed by atoms with Gasteiger partial charge in [0.2, 0.25) is 0 Å². The summed E-state index contributed by atoms with van der Waals surface area (Å²) >= 11 is 0. The van der Waals surface area contributed by atoms with Crippen molar-refractivity contribution in [3.8, 4) is 6.07 Å². The van der Waals surface area contributed by atoms with Crippen LogP contribution in [0.25, 0.3) is 0 Å². The maximum Gasteiger partial charge on any atom is 1.00 e. The first-order valence-electron chi connectivity index (χ1n) is 1.81. The predicted molar refractivity (Wildman–Crippen MR) is 24.6 cm³/mol. The van der Waals surface area contributed by atoms with Gasteiger partial charge in [-0.15, -0.1) is 0 Å². The number of carbonyl (C=O) groups is 1. The van der Waals surface area contributed by atoms with Gasteiger partial charge in [0.25, 0.3) is 5.91 Å². The van der Waals surface area contributed by atoms with E-state index in [1.165, 1.54) is 11.5 Å². The van der Waals surface area contributed by atoms with Gasteiger partial charge in [0, 0.05) is 0 Å². The number of nitrogens with two attached hydrogens (primary N) is 1. The number of hydrogen-bond donors (Lipinski definition) is 3. The molecule has 0 aliphatic heterocycles. The molecule has 0 aromatic heterocycles. The van der Waals surface area contributed by atoms with E-state index in [0.717, 1.165) is 0 Å². The molecule has 9 heavy (non-hydrogen) atoms. The van der Waals surface area contributed by atoms with Gasteiger partial charge in [0.05, 0.1) is 6.07 Å². The minimum absolute atomic E-state index is 0. The van der Waals surface area contributed by atoms with E-state index in [4.69, 9.17) is 10.5 Å². The van der Waals surface area contributed by atoms with Crippen molar-refractivity contribution in [2.45, 2.75) is 6.04 Å². The summed E-state index contributed by atoms with van der Waals surface area (Å²) in [5.41, 5.74) is 5.99. The Kier molecular flexibility index (Phi) is 7.77. The van der Waals surface area contributed by atoms with Crippen LogP contribution in [0.4, 0.5) is 0 Å². The molecule has 0 aliphatic rings. The molecule has 1 unspecified atom stereocenters. The van der Waals surface area contributed by atoms with E-state index in [-0.39, 0.29) is 31.0 Å². The number of carbonyl (C=O) groups excluding carboxylic acids is 1. The second-order valence-electron chi connectivity index (χ2n) is 1.09. The predicted octanol–water partition coefficient (Wildman–Crippen LogP) is -4.54. The van der Waals surface area contributed by atoms with Gasteiger partial charge in [-0.25, -0.2) is 0 Å². The quantitative estimate of drug-likeness (QED) is 0.265. The van der Waals surface area contributed by atoms with Gasteiger partial charge < -0.3 is 12.4 Å². The summed E-state index contributed by atoms with van der Waals surface area (Å²) in [7, 11) is 0. The molecule has 6 heteroatoms. The maximum atomic E-state index is 9.94. The van der Waals surface area contributed by atoms with E-state index < -0.39 is 11.9 Å². The topological polar surface area (TPSA) is 99.1 Å². The van der Waals surface area contributed by atoms with Gasteiger partial charge in [-0.3, -0.25) is 4.79 Å². The first-order chi connectivity index (χ1) is 3.72. The van der Waals surface area contributed by atoms with E-state index >= 15 is 0 Å². The number of amides is 1. The fourth-order valence-corrected chi connectivity index (χ4v) is 0.156. The zero-order chi connectivity index (χ0) is 6.57. The molecule has 0 saturated heterocycles. The molecular weight excluding hydrogens is 133 g/mol. The summed E-state index contributed by atoms with van der Waals surface area (Å²) in [6.45, 7) is 0. The largest absolute Gasteiger partial charge is 1.00 e. The molecule has 0 bridgehead atoms. The van der Waals surface area contributed by atoms with Crippen molar-refractivity contribution in [2.24, 2.45) is 5.73 Å². The first-order valence-corrected chi connectivity index (χ1v) is 1.81. The van der Waals surface area contributed by atoms with Gasteiger partial charge in [-0.2, -0.15) is 10.7 Å². The molecule has 0 fully saturated rings. The normalized spacial score (nSPS) is 10.7. The molecule has 0 radical (unpaired) electrons. The zero-order valence-corrected chi connectivity index (χ0v) is 6.96. The van der Waals surface area contributed by atoms with Gasteiger partial charge in [0.15, 0.2) is 6.04 Å². The summed E-state index contributed by atoms with van der Waals surface area (Å²) < 4.78 is 0. The van der Waals surface area contributed by atoms with Gasteiger partial charge in [0.1, 0.15) is 0 Å². The third-order valence-corrected chi connectivity index (χ3v) is 0.543. The van der Waals surface area contributed by atoms with Crippen LogP contribution in [0.5, 0.6) is 0 Å². The Hall–Kier alpha value is -0.120. The van der Waals surface area contributed by atoms with Crippen LogP contribution in [-0.2, 0) is 4.79 Å². The minimum atomic E-state index is -1.30. The van der Waals surface area contributed by atoms with Gasteiger partial charge in [-0.1, -0.05) is 0 Å². The fraction of sp³-hybridized carbons (Fsp3) is 0.333. The van der Waals surface area contributed by atoms with Crippen LogP contribution < -0.4 is 40.8 Å². The molecule has 0 aromatic rings.